The van der Waals surface area contributed by atoms with E-state index in [4.69, 9.17) is 16.2 Å². The van der Waals surface area contributed by atoms with Crippen LogP contribution in [0, 0.1) is 0 Å². The van der Waals surface area contributed by atoms with Gasteiger partial charge in [-0.1, -0.05) is 0 Å². The Morgan fingerprint density at radius 2 is 2.00 bits per heavy atom. The highest BCUT2D eigenvalue weighted by Gasteiger charge is 2.26. The van der Waals surface area contributed by atoms with Gasteiger partial charge in [0.05, 0.1) is 12.1 Å². The summed E-state index contributed by atoms with van der Waals surface area (Å²) < 4.78 is 5.04. The lowest BCUT2D eigenvalue weighted by Crippen LogP contribution is -2.51. The van der Waals surface area contributed by atoms with Gasteiger partial charge < -0.3 is 16.2 Å². The second-order valence-corrected chi connectivity index (χ2v) is 4.65. The van der Waals surface area contributed by atoms with Gasteiger partial charge in [0.2, 0.25) is 5.91 Å². The summed E-state index contributed by atoms with van der Waals surface area (Å²) in [4.78, 5) is 13.3. The molecule has 0 radical (unpaired) electrons. The Bertz CT molecular complexity index is 217. The molecule has 0 heterocycles. The Kier molecular flexibility index (Phi) is 6.55. The molecular formula is C11H25N3O2. The summed E-state index contributed by atoms with van der Waals surface area (Å²) in [6, 6.07) is 0.402. The van der Waals surface area contributed by atoms with Crippen molar-refractivity contribution < 1.29 is 9.53 Å². The number of ether oxygens (including phenoxy) is 1. The molecule has 4 N–H and O–H groups in total. The fraction of sp³-hybridized carbons (Fsp3) is 0.909. The van der Waals surface area contributed by atoms with E-state index in [-0.39, 0.29) is 0 Å². The number of hydrogen-bond donors (Lipinski definition) is 2. The van der Waals surface area contributed by atoms with E-state index in [1.165, 1.54) is 0 Å². The van der Waals surface area contributed by atoms with Crippen LogP contribution in [0.4, 0.5) is 0 Å². The van der Waals surface area contributed by atoms with Crippen molar-refractivity contribution in [2.24, 2.45) is 11.5 Å². The Balaban J connectivity index is 4.16. The third kappa shape index (κ3) is 5.44. The van der Waals surface area contributed by atoms with Crippen molar-refractivity contribution in [2.45, 2.75) is 38.8 Å². The van der Waals surface area contributed by atoms with Gasteiger partial charge in [-0.15, -0.1) is 0 Å². The van der Waals surface area contributed by atoms with Gasteiger partial charge in [-0.3, -0.25) is 9.69 Å². The van der Waals surface area contributed by atoms with Crippen LogP contribution in [0.3, 0.4) is 0 Å². The summed E-state index contributed by atoms with van der Waals surface area (Å²) in [5, 5.41) is 0. The Morgan fingerprint density at radius 1 is 1.44 bits per heavy atom. The Labute approximate surface area is 98.1 Å². The normalized spacial score (nSPS) is 15.4. The predicted octanol–water partition coefficient (Wildman–Crippen LogP) is -0.0640. The molecule has 1 amide bonds. The van der Waals surface area contributed by atoms with E-state index < -0.39 is 11.4 Å². The number of hydrogen-bond acceptors (Lipinski definition) is 4. The van der Waals surface area contributed by atoms with Gasteiger partial charge in [0, 0.05) is 26.2 Å². The molecule has 0 aliphatic rings. The molecule has 0 aromatic heterocycles. The summed E-state index contributed by atoms with van der Waals surface area (Å²) in [6.07, 6.45) is 0.560. The van der Waals surface area contributed by atoms with E-state index in [1.807, 2.05) is 0 Å². The zero-order valence-electron chi connectivity index (χ0n) is 10.8. The zero-order valence-corrected chi connectivity index (χ0v) is 10.8. The fourth-order valence-electron chi connectivity index (χ4n) is 1.34. The van der Waals surface area contributed by atoms with Gasteiger partial charge in [0.25, 0.3) is 0 Å². The van der Waals surface area contributed by atoms with Crippen molar-refractivity contribution in [3.8, 4) is 0 Å². The summed E-state index contributed by atoms with van der Waals surface area (Å²) in [5.74, 6) is -0.456. The summed E-state index contributed by atoms with van der Waals surface area (Å²) in [7, 11) is 1.68. The van der Waals surface area contributed by atoms with Crippen LogP contribution < -0.4 is 11.5 Å². The third-order valence-electron chi connectivity index (χ3n) is 2.79. The number of methoxy groups -OCH3 is 1. The number of rotatable bonds is 8. The molecule has 0 spiro atoms. The molecule has 0 saturated carbocycles. The van der Waals surface area contributed by atoms with E-state index >= 15 is 0 Å². The average molecular weight is 231 g/mol. The number of nitrogens with two attached hydrogens (primary N) is 2. The molecule has 1 unspecified atom stereocenters. The zero-order chi connectivity index (χ0) is 12.8. The summed E-state index contributed by atoms with van der Waals surface area (Å²) in [6.45, 7) is 8.14. The van der Waals surface area contributed by atoms with Gasteiger partial charge in [-0.2, -0.15) is 0 Å². The third-order valence-corrected chi connectivity index (χ3v) is 2.79. The Morgan fingerprint density at radius 3 is 2.38 bits per heavy atom. The topological polar surface area (TPSA) is 81.6 Å². The van der Waals surface area contributed by atoms with Crippen molar-refractivity contribution >= 4 is 5.91 Å². The van der Waals surface area contributed by atoms with Gasteiger partial charge >= 0.3 is 0 Å². The highest BCUT2D eigenvalue weighted by Crippen LogP contribution is 2.08. The molecule has 0 aromatic rings. The summed E-state index contributed by atoms with van der Waals surface area (Å²) in [5.41, 5.74) is 10.1. The van der Waals surface area contributed by atoms with Crippen LogP contribution in [0.15, 0.2) is 0 Å². The monoisotopic (exact) mass is 231 g/mol. The molecule has 0 rings (SSSR count). The Hall–Kier alpha value is -0.650. The quantitative estimate of drug-likeness (QED) is 0.613. The standard InChI is InChI=1S/C11H25N3O2/c1-9(2)14(7-8-16-4)6-5-11(3,13)10(12)15/h9H,5-8,13H2,1-4H3,(H2,12,15). The van der Waals surface area contributed by atoms with Crippen LogP contribution >= 0.6 is 0 Å². The van der Waals surface area contributed by atoms with Gasteiger partial charge in [-0.05, 0) is 27.2 Å². The molecule has 0 bridgehead atoms. The highest BCUT2D eigenvalue weighted by atomic mass is 16.5. The van der Waals surface area contributed by atoms with Crippen LogP contribution in [-0.4, -0.2) is 49.2 Å². The second kappa shape index (κ2) is 6.83. The van der Waals surface area contributed by atoms with Gasteiger partial charge in [-0.25, -0.2) is 0 Å². The molecule has 0 aliphatic heterocycles. The first-order chi connectivity index (χ1) is 7.31. The number of primary amides is 1. The van der Waals surface area contributed by atoms with Gasteiger partial charge in [0.1, 0.15) is 0 Å². The maximum absolute atomic E-state index is 11.1. The molecule has 16 heavy (non-hydrogen) atoms. The first-order valence-corrected chi connectivity index (χ1v) is 5.63. The first-order valence-electron chi connectivity index (χ1n) is 5.63. The van der Waals surface area contributed by atoms with E-state index in [1.54, 1.807) is 14.0 Å². The molecule has 5 nitrogen and oxygen atoms in total. The number of carbonyl (C=O) groups excluding carboxylic acids is 1. The van der Waals surface area contributed by atoms with E-state index in [0.717, 1.165) is 13.1 Å². The minimum atomic E-state index is -0.930. The largest absolute Gasteiger partial charge is 0.383 e. The van der Waals surface area contributed by atoms with E-state index in [2.05, 4.69) is 18.7 Å². The maximum atomic E-state index is 11.1. The lowest BCUT2D eigenvalue weighted by atomic mass is 9.98. The van der Waals surface area contributed by atoms with Crippen LogP contribution in [0.2, 0.25) is 0 Å². The minimum absolute atomic E-state index is 0.402. The minimum Gasteiger partial charge on any atom is -0.383 e. The number of carbonyl (C=O) groups is 1. The SMILES string of the molecule is COCCN(CCC(C)(N)C(N)=O)C(C)C. The second-order valence-electron chi connectivity index (χ2n) is 4.65. The molecule has 5 heteroatoms. The smallest absolute Gasteiger partial charge is 0.237 e. The number of amides is 1. The lowest BCUT2D eigenvalue weighted by Gasteiger charge is -2.29. The van der Waals surface area contributed by atoms with Crippen LogP contribution in [0.25, 0.3) is 0 Å². The molecule has 96 valence electrons. The first kappa shape index (κ1) is 15.3. The fourth-order valence-corrected chi connectivity index (χ4v) is 1.34. The van der Waals surface area contributed by atoms with Crippen LogP contribution in [-0.2, 0) is 9.53 Å². The lowest BCUT2D eigenvalue weighted by molar-refractivity contribution is -0.122. The molecule has 0 fully saturated rings. The molecule has 0 aromatic carbocycles. The molecule has 0 aliphatic carbocycles. The van der Waals surface area contributed by atoms with Crippen molar-refractivity contribution in [2.75, 3.05) is 26.8 Å². The van der Waals surface area contributed by atoms with Crippen molar-refractivity contribution in [1.29, 1.82) is 0 Å². The maximum Gasteiger partial charge on any atom is 0.237 e. The van der Waals surface area contributed by atoms with Gasteiger partial charge in [0.15, 0.2) is 0 Å². The van der Waals surface area contributed by atoms with Crippen LogP contribution in [0.1, 0.15) is 27.2 Å². The number of nitrogens with zero attached hydrogens (tertiary/aromatic N) is 1. The van der Waals surface area contributed by atoms with Crippen LogP contribution in [0.5, 0.6) is 0 Å². The van der Waals surface area contributed by atoms with Crippen molar-refractivity contribution in [3.63, 3.8) is 0 Å². The average Bonchev–Trinajstić information content (AvgIpc) is 2.16. The molecular weight excluding hydrogens is 206 g/mol. The molecule has 1 atom stereocenters. The summed E-state index contributed by atoms with van der Waals surface area (Å²) >= 11 is 0. The van der Waals surface area contributed by atoms with Crippen molar-refractivity contribution in [1.82, 2.24) is 4.90 Å². The van der Waals surface area contributed by atoms with E-state index in [9.17, 15) is 4.79 Å². The predicted molar refractivity (Wildman–Crippen MR) is 65.0 cm³/mol. The van der Waals surface area contributed by atoms with Crippen molar-refractivity contribution in [3.05, 3.63) is 0 Å². The highest BCUT2D eigenvalue weighted by molar-refractivity contribution is 5.83. The van der Waals surface area contributed by atoms with E-state index in [0.29, 0.717) is 19.1 Å². The molecule has 0 saturated heterocycles.